The smallest absolute Gasteiger partial charge is 0.217 e. The highest BCUT2D eigenvalue weighted by Gasteiger charge is 2.65. The van der Waals surface area contributed by atoms with Crippen molar-refractivity contribution in [3.05, 3.63) is 88.4 Å². The van der Waals surface area contributed by atoms with Crippen LogP contribution in [0.3, 0.4) is 0 Å². The van der Waals surface area contributed by atoms with E-state index < -0.39 is 65.1 Å². The molecule has 1 saturated carbocycles. The van der Waals surface area contributed by atoms with E-state index in [1.165, 1.54) is 28.6 Å². The van der Waals surface area contributed by atoms with Gasteiger partial charge in [-0.25, -0.2) is 25.6 Å². The highest BCUT2D eigenvalue weighted by Crippen LogP contribution is 2.60. The summed E-state index contributed by atoms with van der Waals surface area (Å²) in [7, 11) is -6.58. The normalized spacial score (nSPS) is 28.2. The third-order valence-electron chi connectivity index (χ3n) is 9.52. The number of sulfone groups is 1. The Hall–Kier alpha value is -2.73. The number of hydrogen-bond acceptors (Lipinski definition) is 6. The van der Waals surface area contributed by atoms with Gasteiger partial charge in [0.1, 0.15) is 16.3 Å². The molecular weight excluding hydrogens is 620 g/mol. The molecule has 0 unspecified atom stereocenters. The van der Waals surface area contributed by atoms with E-state index in [0.29, 0.717) is 17.2 Å². The van der Waals surface area contributed by atoms with Crippen LogP contribution in [0.2, 0.25) is 5.02 Å². The average molecular weight is 652 g/mol. The van der Waals surface area contributed by atoms with Gasteiger partial charge in [-0.05, 0) is 85.7 Å². The molecule has 2 heterocycles. The summed E-state index contributed by atoms with van der Waals surface area (Å²) in [5.74, 6) is -2.84. The van der Waals surface area contributed by atoms with Crippen LogP contribution in [-0.4, -0.2) is 46.1 Å². The first-order valence-corrected chi connectivity index (χ1v) is 17.6. The van der Waals surface area contributed by atoms with Crippen LogP contribution >= 0.6 is 11.6 Å². The van der Waals surface area contributed by atoms with Crippen LogP contribution in [-0.2, 0) is 31.2 Å². The number of ether oxygens (including phenoxy) is 2. The van der Waals surface area contributed by atoms with Crippen LogP contribution in [0.25, 0.3) is 0 Å². The van der Waals surface area contributed by atoms with E-state index in [-0.39, 0.29) is 42.9 Å². The molecule has 5 atom stereocenters. The maximum atomic E-state index is 15.8. The van der Waals surface area contributed by atoms with Gasteiger partial charge in [0, 0.05) is 23.5 Å². The summed E-state index contributed by atoms with van der Waals surface area (Å²) >= 11 is 6.07. The Balaban J connectivity index is 1.52. The third-order valence-corrected chi connectivity index (χ3v) is 14.8. The Bertz CT molecular complexity index is 1750. The van der Waals surface area contributed by atoms with Gasteiger partial charge in [0.25, 0.3) is 0 Å². The predicted octanol–water partition coefficient (Wildman–Crippen LogP) is 6.10. The molecule has 0 spiro atoms. The van der Waals surface area contributed by atoms with Crippen LogP contribution in [0.1, 0.15) is 43.7 Å². The average Bonchev–Trinajstić information content (AvgIpc) is 2.99. The van der Waals surface area contributed by atoms with Crippen LogP contribution < -0.4 is 9.47 Å². The van der Waals surface area contributed by atoms with E-state index in [1.54, 1.807) is 38.3 Å². The van der Waals surface area contributed by atoms with E-state index in [9.17, 15) is 16.8 Å². The monoisotopic (exact) mass is 651 g/mol. The number of fused-ring (bicyclic) bond motifs is 5. The second-order valence-corrected chi connectivity index (χ2v) is 16.3. The summed E-state index contributed by atoms with van der Waals surface area (Å²) in [6, 6.07) is 14.1. The molecule has 0 bridgehead atoms. The van der Waals surface area contributed by atoms with Gasteiger partial charge in [0.15, 0.2) is 21.4 Å². The zero-order chi connectivity index (χ0) is 30.7. The summed E-state index contributed by atoms with van der Waals surface area (Å²) < 4.78 is 99.0. The highest BCUT2D eigenvalue weighted by atomic mass is 35.5. The van der Waals surface area contributed by atoms with Gasteiger partial charge in [-0.3, -0.25) is 0 Å². The van der Waals surface area contributed by atoms with Crippen molar-refractivity contribution in [2.45, 2.75) is 60.1 Å². The van der Waals surface area contributed by atoms with Crippen molar-refractivity contribution in [3.63, 3.8) is 0 Å². The molecule has 2 fully saturated rings. The number of nitrogens with zero attached hydrogens (tertiary/aromatic N) is 1. The minimum atomic E-state index is -4.37. The van der Waals surface area contributed by atoms with Crippen LogP contribution in [0.5, 0.6) is 11.5 Å². The lowest BCUT2D eigenvalue weighted by atomic mass is 9.64. The van der Waals surface area contributed by atoms with Crippen molar-refractivity contribution in [3.8, 4) is 11.5 Å². The lowest BCUT2D eigenvalue weighted by Gasteiger charge is -2.57. The Morgan fingerprint density at radius 1 is 1.05 bits per heavy atom. The van der Waals surface area contributed by atoms with Gasteiger partial charge < -0.3 is 9.47 Å². The topological polar surface area (TPSA) is 90.0 Å². The van der Waals surface area contributed by atoms with E-state index in [0.717, 1.165) is 17.7 Å². The zero-order valence-corrected chi connectivity index (χ0v) is 26.1. The van der Waals surface area contributed by atoms with E-state index in [2.05, 4.69) is 0 Å². The molecule has 43 heavy (non-hydrogen) atoms. The maximum Gasteiger partial charge on any atom is 0.217 e. The second-order valence-electron chi connectivity index (χ2n) is 11.5. The molecule has 0 aromatic heterocycles. The van der Waals surface area contributed by atoms with Gasteiger partial charge in [-0.1, -0.05) is 30.7 Å². The SMILES string of the molecule is CC[C@@H]1C[C@@H]2[C@@H](CC[C@@]3(S(=O)(=O)c4ccc(Cl)cc4)c4c(F)ccc(F)c4OC[C@@H]23)N(Cc2ccc(OC)cc2)S1(=O)=O. The number of hydrogen-bond donors (Lipinski definition) is 0. The lowest BCUT2D eigenvalue weighted by Crippen LogP contribution is -2.64. The highest BCUT2D eigenvalue weighted by molar-refractivity contribution is 7.92. The van der Waals surface area contributed by atoms with Crippen molar-refractivity contribution in [2.24, 2.45) is 11.8 Å². The fourth-order valence-electron chi connectivity index (χ4n) is 7.46. The number of halogens is 3. The molecule has 6 rings (SSSR count). The molecule has 3 aromatic rings. The molecule has 3 aliphatic rings. The first-order valence-electron chi connectivity index (χ1n) is 14.2. The minimum Gasteiger partial charge on any atom is -0.497 e. The molecule has 230 valence electrons. The lowest BCUT2D eigenvalue weighted by molar-refractivity contribution is 0.0146. The number of sulfonamides is 1. The van der Waals surface area contributed by atoms with Crippen molar-refractivity contribution >= 4 is 31.5 Å². The standard InChI is InChI=1S/C31H32ClF2NO6S2/c1-3-22-16-24-25-18-41-30-27(34)13-12-26(33)29(30)31(25,42(36,37)23-10-6-20(32)7-11-23)15-14-28(24)35(43(22,38)39)17-19-4-8-21(40-2)9-5-19/h4-13,22,24-25,28H,3,14-18H2,1-2H3/t22-,24+,25+,28-,31+/m1/s1. The van der Waals surface area contributed by atoms with Crippen molar-refractivity contribution < 1.29 is 35.1 Å². The molecule has 3 aromatic carbocycles. The van der Waals surface area contributed by atoms with Crippen molar-refractivity contribution in [2.75, 3.05) is 13.7 Å². The van der Waals surface area contributed by atoms with Gasteiger partial charge in [-0.15, -0.1) is 0 Å². The van der Waals surface area contributed by atoms with Gasteiger partial charge >= 0.3 is 0 Å². The largest absolute Gasteiger partial charge is 0.497 e. The van der Waals surface area contributed by atoms with Crippen LogP contribution in [0.4, 0.5) is 8.78 Å². The van der Waals surface area contributed by atoms with E-state index >= 15 is 8.78 Å². The summed E-state index contributed by atoms with van der Waals surface area (Å²) in [5.41, 5.74) is 0.434. The second kappa shape index (κ2) is 11.0. The molecule has 0 N–H and O–H groups in total. The maximum absolute atomic E-state index is 15.8. The fourth-order valence-corrected chi connectivity index (χ4v) is 12.2. The summed E-state index contributed by atoms with van der Waals surface area (Å²) in [4.78, 5) is -0.0672. The van der Waals surface area contributed by atoms with Gasteiger partial charge in [-0.2, -0.15) is 4.31 Å². The molecule has 2 aliphatic heterocycles. The molecular formula is C31H32ClF2NO6S2. The van der Waals surface area contributed by atoms with Crippen molar-refractivity contribution in [1.82, 2.24) is 4.31 Å². The molecule has 0 amide bonds. The number of rotatable bonds is 6. The molecule has 7 nitrogen and oxygen atoms in total. The summed E-state index contributed by atoms with van der Waals surface area (Å²) in [6.07, 6.45) is 0.511. The Morgan fingerprint density at radius 3 is 2.37 bits per heavy atom. The Kier molecular flexibility index (Phi) is 7.76. The Morgan fingerprint density at radius 2 is 1.72 bits per heavy atom. The quantitative estimate of drug-likeness (QED) is 0.320. The van der Waals surface area contributed by atoms with E-state index in [4.69, 9.17) is 21.1 Å². The molecule has 1 saturated heterocycles. The third kappa shape index (κ3) is 4.65. The molecule has 0 radical (unpaired) electrons. The summed E-state index contributed by atoms with van der Waals surface area (Å²) in [6.45, 7) is 1.68. The van der Waals surface area contributed by atoms with Gasteiger partial charge in [0.05, 0.1) is 29.4 Å². The first kappa shape index (κ1) is 30.3. The number of methoxy groups -OCH3 is 1. The van der Waals surface area contributed by atoms with Crippen LogP contribution in [0, 0.1) is 23.5 Å². The molecule has 1 aliphatic carbocycles. The molecule has 12 heteroatoms. The minimum absolute atomic E-state index is 0.0672. The van der Waals surface area contributed by atoms with Crippen molar-refractivity contribution in [1.29, 1.82) is 0 Å². The number of benzene rings is 3. The fraction of sp³-hybridized carbons (Fsp3) is 0.419. The predicted molar refractivity (Wildman–Crippen MR) is 158 cm³/mol. The first-order chi connectivity index (χ1) is 20.4. The van der Waals surface area contributed by atoms with Gasteiger partial charge in [0.2, 0.25) is 10.0 Å². The Labute approximate surface area is 255 Å². The van der Waals surface area contributed by atoms with E-state index in [1.807, 2.05) is 0 Å². The zero-order valence-electron chi connectivity index (χ0n) is 23.7. The van der Waals surface area contributed by atoms with Crippen LogP contribution in [0.15, 0.2) is 65.6 Å². The summed E-state index contributed by atoms with van der Waals surface area (Å²) in [5, 5.41) is -0.446.